The molecule has 0 aromatic heterocycles. The Bertz CT molecular complexity index is 201. The molecule has 0 bridgehead atoms. The summed E-state index contributed by atoms with van der Waals surface area (Å²) in [5, 5.41) is 2.99. The highest BCUT2D eigenvalue weighted by Gasteiger charge is 1.99. The lowest BCUT2D eigenvalue weighted by atomic mass is 10.3. The van der Waals surface area contributed by atoms with E-state index in [2.05, 4.69) is 5.32 Å². The first kappa shape index (κ1) is 18.3. The van der Waals surface area contributed by atoms with Gasteiger partial charge in [-0.25, -0.2) is 0 Å². The van der Waals surface area contributed by atoms with Crippen molar-refractivity contribution >= 4 is 5.97 Å². The fourth-order valence-electron chi connectivity index (χ4n) is 1.21. The van der Waals surface area contributed by atoms with E-state index in [1.807, 2.05) is 14.0 Å². The van der Waals surface area contributed by atoms with Gasteiger partial charge in [0, 0.05) is 13.0 Å². The summed E-state index contributed by atoms with van der Waals surface area (Å²) < 4.78 is 20.8. The highest BCUT2D eigenvalue weighted by Crippen LogP contribution is 1.91. The highest BCUT2D eigenvalue weighted by molar-refractivity contribution is 5.69. The zero-order valence-corrected chi connectivity index (χ0v) is 12.1. The van der Waals surface area contributed by atoms with E-state index in [0.717, 1.165) is 13.0 Å². The molecule has 0 radical (unpaired) electrons. The third-order valence-corrected chi connectivity index (χ3v) is 2.19. The molecule has 1 N–H and O–H groups in total. The molecule has 0 aliphatic heterocycles. The lowest BCUT2D eigenvalue weighted by molar-refractivity contribution is -0.145. The Morgan fingerprint density at radius 2 is 1.42 bits per heavy atom. The average molecular weight is 277 g/mol. The highest BCUT2D eigenvalue weighted by atomic mass is 16.6. The summed E-state index contributed by atoms with van der Waals surface area (Å²) >= 11 is 0. The maximum atomic E-state index is 11.0. The third-order valence-electron chi connectivity index (χ3n) is 2.19. The van der Waals surface area contributed by atoms with Gasteiger partial charge in [-0.2, -0.15) is 0 Å². The van der Waals surface area contributed by atoms with Crippen molar-refractivity contribution in [2.24, 2.45) is 0 Å². The van der Waals surface area contributed by atoms with Crippen LogP contribution >= 0.6 is 0 Å². The Kier molecular flexibility index (Phi) is 14.8. The fourth-order valence-corrected chi connectivity index (χ4v) is 1.21. The lowest BCUT2D eigenvalue weighted by Gasteiger charge is -2.07. The van der Waals surface area contributed by atoms with Crippen molar-refractivity contribution in [3.05, 3.63) is 0 Å². The van der Waals surface area contributed by atoms with Crippen molar-refractivity contribution in [2.45, 2.75) is 19.8 Å². The van der Waals surface area contributed by atoms with E-state index in [4.69, 9.17) is 18.9 Å². The molecule has 0 aliphatic rings. The largest absolute Gasteiger partial charge is 0.463 e. The van der Waals surface area contributed by atoms with E-state index in [9.17, 15) is 4.79 Å². The van der Waals surface area contributed by atoms with Gasteiger partial charge in [0.1, 0.15) is 6.61 Å². The lowest BCUT2D eigenvalue weighted by Crippen LogP contribution is -2.17. The second-order valence-corrected chi connectivity index (χ2v) is 3.91. The van der Waals surface area contributed by atoms with Gasteiger partial charge < -0.3 is 24.3 Å². The van der Waals surface area contributed by atoms with Crippen molar-refractivity contribution in [3.8, 4) is 0 Å². The van der Waals surface area contributed by atoms with Crippen LogP contribution in [0.3, 0.4) is 0 Å². The summed E-state index contributed by atoms with van der Waals surface area (Å²) in [5.74, 6) is -0.166. The van der Waals surface area contributed by atoms with E-state index in [0.29, 0.717) is 52.7 Å². The maximum Gasteiger partial charge on any atom is 0.305 e. The summed E-state index contributed by atoms with van der Waals surface area (Å²) in [6.07, 6.45) is 1.28. The maximum absolute atomic E-state index is 11.0. The number of carbonyl (C=O) groups is 1. The Hall–Kier alpha value is -0.690. The summed E-state index contributed by atoms with van der Waals surface area (Å²) in [6, 6.07) is 0. The molecule has 0 amide bonds. The molecule has 0 fully saturated rings. The third kappa shape index (κ3) is 15.3. The van der Waals surface area contributed by atoms with Crippen LogP contribution in [-0.4, -0.2) is 65.8 Å². The predicted octanol–water partition coefficient (Wildman–Crippen LogP) is 0.599. The zero-order chi connectivity index (χ0) is 14.2. The fraction of sp³-hybridized carbons (Fsp3) is 0.923. The topological polar surface area (TPSA) is 66.0 Å². The van der Waals surface area contributed by atoms with Gasteiger partial charge in [-0.05, 0) is 13.5 Å². The van der Waals surface area contributed by atoms with Crippen LogP contribution in [0, 0.1) is 0 Å². The molecular weight excluding hydrogens is 250 g/mol. The van der Waals surface area contributed by atoms with Gasteiger partial charge >= 0.3 is 5.97 Å². The Labute approximate surface area is 115 Å². The number of rotatable bonds is 14. The second-order valence-electron chi connectivity index (χ2n) is 3.91. The number of likely N-dealkylation sites (N-methyl/N-ethyl adjacent to an activating group) is 1. The SMILES string of the molecule is CCCC(=O)OCCOCCOCCOCCNC. The van der Waals surface area contributed by atoms with Crippen LogP contribution in [0.2, 0.25) is 0 Å². The molecule has 0 aliphatic carbocycles. The van der Waals surface area contributed by atoms with E-state index >= 15 is 0 Å². The molecule has 0 aromatic rings. The van der Waals surface area contributed by atoms with E-state index in [1.54, 1.807) is 0 Å². The molecule has 0 heterocycles. The molecule has 0 atom stereocenters. The smallest absolute Gasteiger partial charge is 0.305 e. The molecule has 6 heteroatoms. The number of carbonyl (C=O) groups excluding carboxylic acids is 1. The van der Waals surface area contributed by atoms with E-state index in [1.165, 1.54) is 0 Å². The van der Waals surface area contributed by atoms with Crippen LogP contribution < -0.4 is 5.32 Å². The molecule has 0 saturated heterocycles. The van der Waals surface area contributed by atoms with Gasteiger partial charge in [-0.1, -0.05) is 6.92 Å². The molecule has 114 valence electrons. The van der Waals surface area contributed by atoms with Gasteiger partial charge in [0.2, 0.25) is 0 Å². The van der Waals surface area contributed by atoms with E-state index < -0.39 is 0 Å². The molecule has 0 saturated carbocycles. The first-order valence-electron chi connectivity index (χ1n) is 6.84. The van der Waals surface area contributed by atoms with Gasteiger partial charge in [-0.15, -0.1) is 0 Å². The molecule has 0 spiro atoms. The second kappa shape index (κ2) is 15.4. The van der Waals surface area contributed by atoms with Gasteiger partial charge in [0.05, 0.1) is 39.6 Å². The summed E-state index contributed by atoms with van der Waals surface area (Å²) in [4.78, 5) is 11.0. The van der Waals surface area contributed by atoms with Gasteiger partial charge in [-0.3, -0.25) is 4.79 Å². The number of hydrogen-bond acceptors (Lipinski definition) is 6. The van der Waals surface area contributed by atoms with Crippen molar-refractivity contribution in [1.29, 1.82) is 0 Å². The number of esters is 1. The zero-order valence-electron chi connectivity index (χ0n) is 12.1. The predicted molar refractivity (Wildman–Crippen MR) is 72.3 cm³/mol. The van der Waals surface area contributed by atoms with Gasteiger partial charge in [0.15, 0.2) is 0 Å². The molecule has 0 rings (SSSR count). The van der Waals surface area contributed by atoms with Crippen LogP contribution in [0.4, 0.5) is 0 Å². The van der Waals surface area contributed by atoms with Crippen molar-refractivity contribution in [3.63, 3.8) is 0 Å². The number of nitrogens with one attached hydrogen (secondary N) is 1. The van der Waals surface area contributed by atoms with Crippen LogP contribution in [-0.2, 0) is 23.7 Å². The quantitative estimate of drug-likeness (QED) is 0.370. The summed E-state index contributed by atoms with van der Waals surface area (Å²) in [5.41, 5.74) is 0. The standard InChI is InChI=1S/C13H27NO5/c1-3-4-13(15)19-12-11-18-10-9-17-8-7-16-6-5-14-2/h14H,3-12H2,1-2H3. The molecular formula is C13H27NO5. The minimum Gasteiger partial charge on any atom is -0.463 e. The molecule has 19 heavy (non-hydrogen) atoms. The number of ether oxygens (including phenoxy) is 4. The number of hydrogen-bond donors (Lipinski definition) is 1. The Morgan fingerprint density at radius 3 is 1.95 bits per heavy atom. The Balaban J connectivity index is 3.01. The van der Waals surface area contributed by atoms with Crippen LogP contribution in [0.15, 0.2) is 0 Å². The minimum atomic E-state index is -0.166. The average Bonchev–Trinajstić information content (AvgIpc) is 2.40. The monoisotopic (exact) mass is 277 g/mol. The minimum absolute atomic E-state index is 0.166. The van der Waals surface area contributed by atoms with Crippen molar-refractivity contribution in [2.75, 3.05) is 59.8 Å². The molecule has 6 nitrogen and oxygen atoms in total. The summed E-state index contributed by atoms with van der Waals surface area (Å²) in [7, 11) is 1.89. The Morgan fingerprint density at radius 1 is 0.895 bits per heavy atom. The van der Waals surface area contributed by atoms with Crippen LogP contribution in [0.1, 0.15) is 19.8 Å². The van der Waals surface area contributed by atoms with Crippen molar-refractivity contribution < 1.29 is 23.7 Å². The van der Waals surface area contributed by atoms with Crippen LogP contribution in [0.25, 0.3) is 0 Å². The normalized spacial score (nSPS) is 10.6. The van der Waals surface area contributed by atoms with Crippen LogP contribution in [0.5, 0.6) is 0 Å². The first-order chi connectivity index (χ1) is 9.31. The van der Waals surface area contributed by atoms with Crippen molar-refractivity contribution in [1.82, 2.24) is 5.32 Å². The summed E-state index contributed by atoms with van der Waals surface area (Å²) in [6.45, 7) is 6.40. The van der Waals surface area contributed by atoms with E-state index in [-0.39, 0.29) is 5.97 Å². The molecule has 0 unspecified atom stereocenters. The first-order valence-corrected chi connectivity index (χ1v) is 6.84. The van der Waals surface area contributed by atoms with Gasteiger partial charge in [0.25, 0.3) is 0 Å². The molecule has 0 aromatic carbocycles.